The normalized spacial score (nSPS) is 10.8. The number of primary amides is 1. The molecule has 0 radical (unpaired) electrons. The summed E-state index contributed by atoms with van der Waals surface area (Å²) in [4.78, 5) is 59.3. The molecule has 0 aliphatic heterocycles. The fourth-order valence-corrected chi connectivity index (χ4v) is 3.69. The minimum Gasteiger partial charge on any atom is -0.444 e. The molecule has 0 spiro atoms. The Kier molecular flexibility index (Phi) is 11.0. The van der Waals surface area contributed by atoms with Gasteiger partial charge in [0.25, 0.3) is 5.91 Å². The summed E-state index contributed by atoms with van der Waals surface area (Å²) in [6.07, 6.45) is 1.61. The Morgan fingerprint density at radius 1 is 1.02 bits per heavy atom. The van der Waals surface area contributed by atoms with E-state index in [1.165, 1.54) is 18.1 Å². The lowest BCUT2D eigenvalue weighted by atomic mass is 10.1. The zero-order valence-corrected chi connectivity index (χ0v) is 25.0. The van der Waals surface area contributed by atoms with Gasteiger partial charge in [-0.1, -0.05) is 25.1 Å². The van der Waals surface area contributed by atoms with Gasteiger partial charge >= 0.3 is 6.09 Å². The van der Waals surface area contributed by atoms with Gasteiger partial charge < -0.3 is 36.6 Å². The lowest BCUT2D eigenvalue weighted by Crippen LogP contribution is -2.40. The van der Waals surface area contributed by atoms with E-state index in [0.717, 1.165) is 6.42 Å². The third-order valence-electron chi connectivity index (χ3n) is 5.83. The van der Waals surface area contributed by atoms with Gasteiger partial charge in [-0.2, -0.15) is 4.98 Å². The summed E-state index contributed by atoms with van der Waals surface area (Å²) in [5.41, 5.74) is 7.01. The molecule has 0 saturated heterocycles. The van der Waals surface area contributed by atoms with Crippen molar-refractivity contribution in [2.24, 2.45) is 5.73 Å². The Morgan fingerprint density at radius 3 is 2.37 bits per heavy atom. The first-order valence-corrected chi connectivity index (χ1v) is 13.7. The van der Waals surface area contributed by atoms with Crippen LogP contribution in [-0.4, -0.2) is 64.4 Å². The van der Waals surface area contributed by atoms with E-state index in [1.807, 2.05) is 6.92 Å². The smallest absolute Gasteiger partial charge is 0.410 e. The first-order valence-electron chi connectivity index (χ1n) is 13.7. The molecule has 4 amide bonds. The summed E-state index contributed by atoms with van der Waals surface area (Å²) in [7, 11) is 1.48. The highest BCUT2D eigenvalue weighted by atomic mass is 16.6. The summed E-state index contributed by atoms with van der Waals surface area (Å²) < 4.78 is 5.28. The largest absolute Gasteiger partial charge is 0.444 e. The molecular formula is C30H38N8O5. The number of nitrogens with two attached hydrogens (primary N) is 1. The van der Waals surface area contributed by atoms with Crippen molar-refractivity contribution in [1.29, 1.82) is 0 Å². The Balaban J connectivity index is 1.69. The summed E-state index contributed by atoms with van der Waals surface area (Å²) in [5.74, 6) is -0.775. The Labute approximate surface area is 250 Å². The molecule has 13 heteroatoms. The number of aromatic nitrogens is 2. The SMILES string of the molecule is CCCNc1nc(Nc2ccc(C(N)=O)cc2)ncc1C(=O)Nc1ccccc1CNC(=O)CN(C)C(=O)OC(C)(C)C. The number of rotatable bonds is 12. The van der Waals surface area contributed by atoms with E-state index in [9.17, 15) is 19.2 Å². The van der Waals surface area contributed by atoms with Crippen molar-refractivity contribution in [1.82, 2.24) is 20.2 Å². The second-order valence-electron chi connectivity index (χ2n) is 10.7. The average molecular weight is 591 g/mol. The number of hydrogen-bond donors (Lipinski definition) is 5. The minimum absolute atomic E-state index is 0.117. The van der Waals surface area contributed by atoms with Gasteiger partial charge in [0, 0.05) is 43.3 Å². The molecule has 228 valence electrons. The molecule has 0 aliphatic rings. The van der Waals surface area contributed by atoms with Crippen LogP contribution in [0.2, 0.25) is 0 Å². The van der Waals surface area contributed by atoms with Gasteiger partial charge in [0.2, 0.25) is 17.8 Å². The lowest BCUT2D eigenvalue weighted by molar-refractivity contribution is -0.122. The zero-order chi connectivity index (χ0) is 31.6. The number of anilines is 4. The van der Waals surface area contributed by atoms with Gasteiger partial charge in [0.1, 0.15) is 23.5 Å². The third kappa shape index (κ3) is 9.99. The zero-order valence-electron chi connectivity index (χ0n) is 25.0. The molecule has 43 heavy (non-hydrogen) atoms. The van der Waals surface area contributed by atoms with Crippen LogP contribution in [0.15, 0.2) is 54.7 Å². The van der Waals surface area contributed by atoms with E-state index < -0.39 is 23.5 Å². The Bertz CT molecular complexity index is 1450. The van der Waals surface area contributed by atoms with Crippen LogP contribution >= 0.6 is 0 Å². The van der Waals surface area contributed by atoms with Crippen LogP contribution in [0.3, 0.4) is 0 Å². The van der Waals surface area contributed by atoms with E-state index in [4.69, 9.17) is 10.5 Å². The maximum absolute atomic E-state index is 13.4. The van der Waals surface area contributed by atoms with Crippen LogP contribution in [0.1, 0.15) is 60.4 Å². The van der Waals surface area contributed by atoms with Crippen LogP contribution in [0.25, 0.3) is 0 Å². The van der Waals surface area contributed by atoms with Crippen LogP contribution in [-0.2, 0) is 16.1 Å². The van der Waals surface area contributed by atoms with Crippen molar-refractivity contribution in [3.8, 4) is 0 Å². The summed E-state index contributed by atoms with van der Waals surface area (Å²) in [5, 5.41) is 11.9. The highest BCUT2D eigenvalue weighted by Crippen LogP contribution is 2.21. The predicted molar refractivity (Wildman–Crippen MR) is 164 cm³/mol. The summed E-state index contributed by atoms with van der Waals surface area (Å²) in [6.45, 7) is 7.73. The number of benzene rings is 2. The standard InChI is InChI=1S/C30H38N8O5/c1-6-15-32-26-22(17-34-28(37-26)35-21-13-11-19(12-14-21)25(31)40)27(41)36-23-10-8-7-9-20(23)16-33-24(39)18-38(5)29(42)43-30(2,3)4/h7-14,17H,6,15-16,18H2,1-5H3,(H2,31,40)(H,33,39)(H,36,41)(H2,32,34,35,37). The van der Waals surface area contributed by atoms with Crippen molar-refractivity contribution in [2.45, 2.75) is 46.3 Å². The molecule has 0 saturated carbocycles. The highest BCUT2D eigenvalue weighted by molar-refractivity contribution is 6.07. The Morgan fingerprint density at radius 2 is 1.72 bits per heavy atom. The molecular weight excluding hydrogens is 552 g/mol. The Hall–Kier alpha value is -5.20. The van der Waals surface area contributed by atoms with Gasteiger partial charge in [0.15, 0.2) is 0 Å². The highest BCUT2D eigenvalue weighted by Gasteiger charge is 2.21. The molecule has 3 aromatic rings. The molecule has 0 bridgehead atoms. The number of amides is 4. The van der Waals surface area contributed by atoms with Gasteiger partial charge in [0.05, 0.1) is 0 Å². The fourth-order valence-electron chi connectivity index (χ4n) is 3.69. The van der Waals surface area contributed by atoms with Crippen LogP contribution in [0, 0.1) is 0 Å². The van der Waals surface area contributed by atoms with Crippen LogP contribution in [0.4, 0.5) is 27.9 Å². The third-order valence-corrected chi connectivity index (χ3v) is 5.83. The second-order valence-corrected chi connectivity index (χ2v) is 10.7. The molecule has 0 atom stereocenters. The van der Waals surface area contributed by atoms with Gasteiger partial charge in [-0.25, -0.2) is 9.78 Å². The molecule has 6 N–H and O–H groups in total. The lowest BCUT2D eigenvalue weighted by Gasteiger charge is -2.24. The number of ether oxygens (including phenoxy) is 1. The van der Waals surface area contributed by atoms with Crippen molar-refractivity contribution >= 4 is 47.0 Å². The molecule has 1 heterocycles. The molecule has 0 fully saturated rings. The molecule has 13 nitrogen and oxygen atoms in total. The molecule has 1 aromatic heterocycles. The maximum atomic E-state index is 13.4. The number of carbonyl (C=O) groups excluding carboxylic acids is 4. The molecule has 3 rings (SSSR count). The van der Waals surface area contributed by atoms with Gasteiger partial charge in [-0.3, -0.25) is 14.4 Å². The topological polar surface area (TPSA) is 181 Å². The van der Waals surface area contributed by atoms with Crippen molar-refractivity contribution in [3.05, 3.63) is 71.4 Å². The second kappa shape index (κ2) is 14.6. The number of carbonyl (C=O) groups is 4. The van der Waals surface area contributed by atoms with Gasteiger partial charge in [-0.15, -0.1) is 0 Å². The number of nitrogens with zero attached hydrogens (tertiary/aromatic N) is 3. The maximum Gasteiger partial charge on any atom is 0.410 e. The van der Waals surface area contributed by atoms with Crippen LogP contribution in [0.5, 0.6) is 0 Å². The van der Waals surface area contributed by atoms with E-state index in [2.05, 4.69) is 31.2 Å². The van der Waals surface area contributed by atoms with Crippen molar-refractivity contribution in [3.63, 3.8) is 0 Å². The van der Waals surface area contributed by atoms with Crippen molar-refractivity contribution in [2.75, 3.05) is 36.1 Å². The fraction of sp³-hybridized carbons (Fsp3) is 0.333. The monoisotopic (exact) mass is 590 g/mol. The van der Waals surface area contributed by atoms with E-state index >= 15 is 0 Å². The van der Waals surface area contributed by atoms with Gasteiger partial charge in [-0.05, 0) is 63.1 Å². The summed E-state index contributed by atoms with van der Waals surface area (Å²) >= 11 is 0. The quantitative estimate of drug-likeness (QED) is 0.209. The number of hydrogen-bond acceptors (Lipinski definition) is 9. The first kappa shape index (κ1) is 32.3. The molecule has 0 unspecified atom stereocenters. The number of para-hydroxylation sites is 1. The minimum atomic E-state index is -0.674. The molecule has 0 aliphatic carbocycles. The summed E-state index contributed by atoms with van der Waals surface area (Å²) in [6, 6.07) is 13.6. The van der Waals surface area contributed by atoms with Crippen LogP contribution < -0.4 is 27.0 Å². The predicted octanol–water partition coefficient (Wildman–Crippen LogP) is 3.88. The van der Waals surface area contributed by atoms with E-state index in [-0.39, 0.29) is 30.5 Å². The van der Waals surface area contributed by atoms with Crippen molar-refractivity contribution < 1.29 is 23.9 Å². The van der Waals surface area contributed by atoms with E-state index in [0.29, 0.717) is 34.9 Å². The first-order chi connectivity index (χ1) is 20.4. The average Bonchev–Trinajstić information content (AvgIpc) is 2.95. The number of likely N-dealkylation sites (N-methyl/N-ethyl adjacent to an activating group) is 1. The van der Waals surface area contributed by atoms with E-state index in [1.54, 1.807) is 69.3 Å². The number of nitrogens with one attached hydrogen (secondary N) is 4. The molecule has 2 aromatic carbocycles.